The van der Waals surface area contributed by atoms with Crippen molar-refractivity contribution < 1.29 is 4.79 Å². The lowest BCUT2D eigenvalue weighted by Gasteiger charge is -2.11. The van der Waals surface area contributed by atoms with Gasteiger partial charge in [-0.3, -0.25) is 4.79 Å². The normalized spacial score (nSPS) is 13.7. The van der Waals surface area contributed by atoms with Crippen molar-refractivity contribution in [2.45, 2.75) is 12.8 Å². The Kier molecular flexibility index (Phi) is 6.67. The molecule has 3 rings (SSSR count). The summed E-state index contributed by atoms with van der Waals surface area (Å²) in [6, 6.07) is 5.76. The van der Waals surface area contributed by atoms with E-state index >= 15 is 0 Å². The number of thiazole rings is 1. The summed E-state index contributed by atoms with van der Waals surface area (Å²) in [7, 11) is 0. The Balaban J connectivity index is 0.00000110. The molecule has 5 nitrogen and oxygen atoms in total. The number of aromatic nitrogens is 1. The Bertz CT molecular complexity index is 613. The van der Waals surface area contributed by atoms with E-state index in [-0.39, 0.29) is 37.3 Å². The van der Waals surface area contributed by atoms with Crippen LogP contribution in [0, 0.1) is 0 Å². The number of hydrogen-bond donors (Lipinski definition) is 2. The van der Waals surface area contributed by atoms with Gasteiger partial charge in [0, 0.05) is 18.8 Å². The number of benzene rings is 1. The molecule has 8 heteroatoms. The van der Waals surface area contributed by atoms with Crippen LogP contribution in [-0.2, 0) is 4.79 Å². The van der Waals surface area contributed by atoms with Crippen LogP contribution in [0.1, 0.15) is 12.8 Å². The summed E-state index contributed by atoms with van der Waals surface area (Å²) >= 11 is 1.68. The molecule has 1 aliphatic rings. The number of fused-ring (bicyclic) bond motifs is 1. The van der Waals surface area contributed by atoms with Gasteiger partial charge in [-0.2, -0.15) is 0 Å². The van der Waals surface area contributed by atoms with Crippen molar-refractivity contribution in [1.82, 2.24) is 4.98 Å². The Morgan fingerprint density at radius 3 is 2.71 bits per heavy atom. The molecule has 0 bridgehead atoms. The molecule has 2 aromatic rings. The van der Waals surface area contributed by atoms with E-state index in [2.05, 4.69) is 15.2 Å². The third-order valence-electron chi connectivity index (χ3n) is 3.22. The number of nitrogens with one attached hydrogen (secondary N) is 1. The predicted molar refractivity (Wildman–Crippen MR) is 93.2 cm³/mol. The number of anilines is 2. The third-order valence-corrected chi connectivity index (χ3v) is 4.30. The Morgan fingerprint density at radius 1 is 1.33 bits per heavy atom. The molecular formula is C13H18Cl2N4OS. The van der Waals surface area contributed by atoms with Crippen LogP contribution in [0.3, 0.4) is 0 Å². The molecule has 0 aliphatic carbocycles. The van der Waals surface area contributed by atoms with Crippen molar-refractivity contribution in [2.75, 3.05) is 29.9 Å². The molecule has 0 atom stereocenters. The molecule has 0 saturated carbocycles. The Morgan fingerprint density at radius 2 is 2.05 bits per heavy atom. The van der Waals surface area contributed by atoms with Gasteiger partial charge in [-0.05, 0) is 31.0 Å². The summed E-state index contributed by atoms with van der Waals surface area (Å²) in [5.74, 6) is -0.177. The molecule has 1 saturated heterocycles. The molecule has 1 aliphatic heterocycles. The molecule has 116 valence electrons. The lowest BCUT2D eigenvalue weighted by Crippen LogP contribution is -2.21. The average molecular weight is 349 g/mol. The molecule has 1 aromatic heterocycles. The lowest BCUT2D eigenvalue weighted by molar-refractivity contribution is -0.114. The van der Waals surface area contributed by atoms with E-state index in [0.29, 0.717) is 0 Å². The first kappa shape index (κ1) is 18.0. The molecule has 0 spiro atoms. The summed E-state index contributed by atoms with van der Waals surface area (Å²) in [4.78, 5) is 18.2. The Labute approximate surface area is 139 Å². The zero-order valence-electron chi connectivity index (χ0n) is 11.4. The highest BCUT2D eigenvalue weighted by Gasteiger charge is 2.16. The molecule has 0 unspecified atom stereocenters. The van der Waals surface area contributed by atoms with Crippen molar-refractivity contribution in [3.63, 3.8) is 0 Å². The van der Waals surface area contributed by atoms with E-state index < -0.39 is 0 Å². The van der Waals surface area contributed by atoms with Crippen LogP contribution >= 0.6 is 36.2 Å². The van der Waals surface area contributed by atoms with E-state index in [9.17, 15) is 4.79 Å². The molecule has 1 aromatic carbocycles. The smallest absolute Gasteiger partial charge is 0.238 e. The first-order valence-corrected chi connectivity index (χ1v) is 7.23. The fourth-order valence-corrected chi connectivity index (χ4v) is 3.30. The highest BCUT2D eigenvalue weighted by Crippen LogP contribution is 2.32. The van der Waals surface area contributed by atoms with Gasteiger partial charge in [-0.25, -0.2) is 4.98 Å². The maximum absolute atomic E-state index is 11.3. The van der Waals surface area contributed by atoms with E-state index in [1.54, 1.807) is 11.3 Å². The van der Waals surface area contributed by atoms with E-state index in [1.807, 2.05) is 18.2 Å². The largest absolute Gasteiger partial charge is 0.348 e. The number of carbonyl (C=O) groups excluding carboxylic acids is 1. The number of carbonyl (C=O) groups is 1. The summed E-state index contributed by atoms with van der Waals surface area (Å²) in [6.07, 6.45) is 2.49. The molecule has 21 heavy (non-hydrogen) atoms. The highest BCUT2D eigenvalue weighted by atomic mass is 35.5. The summed E-state index contributed by atoms with van der Waals surface area (Å²) < 4.78 is 1.09. The summed E-state index contributed by atoms with van der Waals surface area (Å²) in [5, 5.41) is 3.84. The van der Waals surface area contributed by atoms with E-state index in [4.69, 9.17) is 5.73 Å². The topological polar surface area (TPSA) is 71.2 Å². The zero-order chi connectivity index (χ0) is 13.2. The van der Waals surface area contributed by atoms with Crippen LogP contribution in [-0.4, -0.2) is 30.5 Å². The van der Waals surface area contributed by atoms with Crippen LogP contribution in [0.2, 0.25) is 0 Å². The van der Waals surface area contributed by atoms with Gasteiger partial charge in [0.15, 0.2) is 5.13 Å². The van der Waals surface area contributed by atoms with Crippen molar-refractivity contribution in [3.05, 3.63) is 18.2 Å². The Hall–Kier alpha value is -1.08. The van der Waals surface area contributed by atoms with Crippen molar-refractivity contribution in [1.29, 1.82) is 0 Å². The van der Waals surface area contributed by atoms with Crippen molar-refractivity contribution >= 4 is 63.1 Å². The van der Waals surface area contributed by atoms with Gasteiger partial charge >= 0.3 is 0 Å². The van der Waals surface area contributed by atoms with Crippen LogP contribution < -0.4 is 16.0 Å². The van der Waals surface area contributed by atoms with Crippen LogP contribution in [0.5, 0.6) is 0 Å². The molecular weight excluding hydrogens is 331 g/mol. The fraction of sp³-hybridized carbons (Fsp3) is 0.385. The second-order valence-electron chi connectivity index (χ2n) is 4.63. The quantitative estimate of drug-likeness (QED) is 0.894. The van der Waals surface area contributed by atoms with Gasteiger partial charge < -0.3 is 16.0 Å². The first-order valence-electron chi connectivity index (χ1n) is 6.42. The van der Waals surface area contributed by atoms with Gasteiger partial charge in [-0.1, -0.05) is 11.3 Å². The summed E-state index contributed by atoms with van der Waals surface area (Å²) in [5.41, 5.74) is 7.05. The van der Waals surface area contributed by atoms with E-state index in [0.717, 1.165) is 34.1 Å². The van der Waals surface area contributed by atoms with Crippen molar-refractivity contribution in [2.24, 2.45) is 5.73 Å². The van der Waals surface area contributed by atoms with Gasteiger partial charge in [0.05, 0.1) is 16.8 Å². The minimum Gasteiger partial charge on any atom is -0.348 e. The summed E-state index contributed by atoms with van der Waals surface area (Å²) in [6.45, 7) is 2.19. The number of halogens is 2. The van der Waals surface area contributed by atoms with Crippen LogP contribution in [0.4, 0.5) is 10.8 Å². The van der Waals surface area contributed by atoms with Crippen LogP contribution in [0.25, 0.3) is 10.2 Å². The third kappa shape index (κ3) is 3.97. The predicted octanol–water partition coefficient (Wildman–Crippen LogP) is 2.64. The number of rotatable bonds is 3. The molecule has 1 amide bonds. The zero-order valence-corrected chi connectivity index (χ0v) is 13.8. The number of amides is 1. The van der Waals surface area contributed by atoms with Gasteiger partial charge in [0.1, 0.15) is 0 Å². The highest BCUT2D eigenvalue weighted by molar-refractivity contribution is 7.22. The molecule has 0 radical (unpaired) electrons. The molecule has 1 fully saturated rings. The minimum atomic E-state index is -0.177. The maximum atomic E-state index is 11.3. The van der Waals surface area contributed by atoms with Gasteiger partial charge in [0.2, 0.25) is 5.91 Å². The monoisotopic (exact) mass is 348 g/mol. The maximum Gasteiger partial charge on any atom is 0.238 e. The number of hydrogen-bond acceptors (Lipinski definition) is 5. The second-order valence-corrected chi connectivity index (χ2v) is 5.63. The van der Waals surface area contributed by atoms with E-state index in [1.165, 1.54) is 12.8 Å². The molecule has 3 N–H and O–H groups in total. The van der Waals surface area contributed by atoms with Crippen LogP contribution in [0.15, 0.2) is 18.2 Å². The van der Waals surface area contributed by atoms with Gasteiger partial charge in [0.25, 0.3) is 0 Å². The SMILES string of the molecule is Cl.Cl.NCC(=O)Nc1ccc2nc(N3CCCC3)sc2c1. The minimum absolute atomic E-state index is 0. The fourth-order valence-electron chi connectivity index (χ4n) is 2.25. The number of nitrogens with zero attached hydrogens (tertiary/aromatic N) is 2. The standard InChI is InChI=1S/C13H16N4OS.2ClH/c14-8-12(18)15-9-3-4-10-11(7-9)19-13(16-10)17-5-1-2-6-17;;/h3-4,7H,1-2,5-6,8,14H2,(H,15,18);2*1H. The van der Waals surface area contributed by atoms with Gasteiger partial charge in [-0.15, -0.1) is 24.8 Å². The molecule has 2 heterocycles. The van der Waals surface area contributed by atoms with Crippen molar-refractivity contribution in [3.8, 4) is 0 Å². The number of nitrogens with two attached hydrogens (primary N) is 1. The lowest BCUT2D eigenvalue weighted by atomic mass is 10.3. The first-order chi connectivity index (χ1) is 9.26. The average Bonchev–Trinajstić information content (AvgIpc) is 3.06. The second kappa shape index (κ2) is 7.79.